The maximum absolute atomic E-state index is 12.1. The number of benzene rings is 1. The van der Waals surface area contributed by atoms with Crippen LogP contribution in [0.1, 0.15) is 42.6 Å². The molecular formula is C16H22N2O3. The summed E-state index contributed by atoms with van der Waals surface area (Å²) >= 11 is 0. The second-order valence-electron chi connectivity index (χ2n) is 6.50. The Morgan fingerprint density at radius 2 is 1.86 bits per heavy atom. The van der Waals surface area contributed by atoms with Crippen LogP contribution in [0, 0.1) is 5.41 Å². The molecular weight excluding hydrogens is 268 g/mol. The molecule has 0 heterocycles. The molecule has 1 aliphatic rings. The first-order chi connectivity index (χ1) is 9.78. The largest absolute Gasteiger partial charge is 0.478 e. The molecule has 2 amide bonds. The SMILES string of the molecule is CN(C(=O)NCc1ccc(C(=O)O)cc1)C1CC(C)(C)C1. The number of hydrogen-bond acceptors (Lipinski definition) is 2. The maximum Gasteiger partial charge on any atom is 0.335 e. The topological polar surface area (TPSA) is 69.6 Å². The van der Waals surface area contributed by atoms with E-state index in [1.165, 1.54) is 0 Å². The van der Waals surface area contributed by atoms with Crippen molar-refractivity contribution in [3.8, 4) is 0 Å². The number of nitrogens with one attached hydrogen (secondary N) is 1. The number of hydrogen-bond donors (Lipinski definition) is 2. The van der Waals surface area contributed by atoms with Gasteiger partial charge in [-0.15, -0.1) is 0 Å². The third-order valence-corrected chi connectivity index (χ3v) is 4.09. The minimum atomic E-state index is -0.946. The van der Waals surface area contributed by atoms with E-state index in [0.29, 0.717) is 18.0 Å². The van der Waals surface area contributed by atoms with Crippen molar-refractivity contribution in [1.82, 2.24) is 10.2 Å². The first kappa shape index (κ1) is 15.4. The molecule has 5 nitrogen and oxygen atoms in total. The lowest BCUT2D eigenvalue weighted by Gasteiger charge is -2.46. The average Bonchev–Trinajstić information content (AvgIpc) is 2.41. The molecule has 0 bridgehead atoms. The van der Waals surface area contributed by atoms with Crippen molar-refractivity contribution in [2.24, 2.45) is 5.41 Å². The Kier molecular flexibility index (Phi) is 4.21. The van der Waals surface area contributed by atoms with Gasteiger partial charge in [-0.3, -0.25) is 0 Å². The lowest BCUT2D eigenvalue weighted by molar-refractivity contribution is 0.0601. The molecule has 21 heavy (non-hydrogen) atoms. The van der Waals surface area contributed by atoms with Gasteiger partial charge in [-0.2, -0.15) is 0 Å². The highest BCUT2D eigenvalue weighted by Crippen LogP contribution is 2.42. The van der Waals surface area contributed by atoms with Gasteiger partial charge in [0.25, 0.3) is 0 Å². The van der Waals surface area contributed by atoms with E-state index >= 15 is 0 Å². The van der Waals surface area contributed by atoms with Crippen LogP contribution in [0.2, 0.25) is 0 Å². The quantitative estimate of drug-likeness (QED) is 0.895. The van der Waals surface area contributed by atoms with Gasteiger partial charge in [-0.05, 0) is 36.0 Å². The fourth-order valence-electron chi connectivity index (χ4n) is 2.72. The van der Waals surface area contributed by atoms with E-state index in [0.717, 1.165) is 18.4 Å². The molecule has 0 atom stereocenters. The van der Waals surface area contributed by atoms with Crippen molar-refractivity contribution >= 4 is 12.0 Å². The summed E-state index contributed by atoms with van der Waals surface area (Å²) in [6.07, 6.45) is 2.06. The molecule has 0 aliphatic heterocycles. The summed E-state index contributed by atoms with van der Waals surface area (Å²) in [4.78, 5) is 24.6. The van der Waals surface area contributed by atoms with Gasteiger partial charge in [0, 0.05) is 19.6 Å². The predicted octanol–water partition coefficient (Wildman–Crippen LogP) is 2.71. The molecule has 5 heteroatoms. The van der Waals surface area contributed by atoms with Crippen LogP contribution in [0.4, 0.5) is 4.79 Å². The first-order valence-corrected chi connectivity index (χ1v) is 7.11. The number of carbonyl (C=O) groups is 2. The third-order valence-electron chi connectivity index (χ3n) is 4.09. The maximum atomic E-state index is 12.1. The highest BCUT2D eigenvalue weighted by atomic mass is 16.4. The van der Waals surface area contributed by atoms with Crippen LogP contribution in [0.15, 0.2) is 24.3 Å². The number of nitrogens with zero attached hydrogens (tertiary/aromatic N) is 1. The smallest absolute Gasteiger partial charge is 0.335 e. The Hall–Kier alpha value is -2.04. The summed E-state index contributed by atoms with van der Waals surface area (Å²) in [5.74, 6) is -0.946. The van der Waals surface area contributed by atoms with Gasteiger partial charge >= 0.3 is 12.0 Å². The lowest BCUT2D eigenvalue weighted by atomic mass is 9.68. The first-order valence-electron chi connectivity index (χ1n) is 7.11. The predicted molar refractivity (Wildman–Crippen MR) is 80.2 cm³/mol. The van der Waals surface area contributed by atoms with E-state index in [9.17, 15) is 9.59 Å². The number of carboxylic acids is 1. The number of carboxylic acid groups (broad SMARTS) is 1. The highest BCUT2D eigenvalue weighted by molar-refractivity contribution is 5.87. The summed E-state index contributed by atoms with van der Waals surface area (Å²) in [6, 6.07) is 6.75. The molecule has 0 saturated heterocycles. The van der Waals surface area contributed by atoms with E-state index in [1.807, 2.05) is 7.05 Å². The van der Waals surface area contributed by atoms with Gasteiger partial charge in [0.05, 0.1) is 5.56 Å². The van der Waals surface area contributed by atoms with Gasteiger partial charge < -0.3 is 15.3 Å². The Bertz CT molecular complexity index is 529. The molecule has 1 fully saturated rings. The summed E-state index contributed by atoms with van der Waals surface area (Å²) in [6.45, 7) is 4.82. The van der Waals surface area contributed by atoms with E-state index in [4.69, 9.17) is 5.11 Å². The van der Waals surface area contributed by atoms with E-state index in [-0.39, 0.29) is 11.6 Å². The van der Waals surface area contributed by atoms with Crippen molar-refractivity contribution in [1.29, 1.82) is 0 Å². The fourth-order valence-corrected chi connectivity index (χ4v) is 2.72. The van der Waals surface area contributed by atoms with Gasteiger partial charge in [-0.25, -0.2) is 9.59 Å². The highest BCUT2D eigenvalue weighted by Gasteiger charge is 2.39. The normalized spacial score (nSPS) is 16.9. The summed E-state index contributed by atoms with van der Waals surface area (Å²) in [5.41, 5.74) is 1.47. The molecule has 1 aromatic carbocycles. The van der Waals surface area contributed by atoms with Crippen LogP contribution in [0.5, 0.6) is 0 Å². The number of rotatable bonds is 4. The number of carbonyl (C=O) groups excluding carboxylic acids is 1. The van der Waals surface area contributed by atoms with Crippen molar-refractivity contribution < 1.29 is 14.7 Å². The number of amides is 2. The average molecular weight is 290 g/mol. The molecule has 0 radical (unpaired) electrons. The third kappa shape index (κ3) is 3.74. The number of urea groups is 1. The van der Waals surface area contributed by atoms with Crippen LogP contribution in [-0.4, -0.2) is 35.1 Å². The van der Waals surface area contributed by atoms with Crippen molar-refractivity contribution in [3.05, 3.63) is 35.4 Å². The second kappa shape index (κ2) is 5.76. The zero-order valence-electron chi connectivity index (χ0n) is 12.7. The van der Waals surface area contributed by atoms with Crippen molar-refractivity contribution in [2.75, 3.05) is 7.05 Å². The van der Waals surface area contributed by atoms with E-state index in [2.05, 4.69) is 19.2 Å². The lowest BCUT2D eigenvalue weighted by Crippen LogP contribution is -2.51. The monoisotopic (exact) mass is 290 g/mol. The molecule has 2 rings (SSSR count). The van der Waals surface area contributed by atoms with Gasteiger partial charge in [-0.1, -0.05) is 26.0 Å². The van der Waals surface area contributed by atoms with Crippen molar-refractivity contribution in [2.45, 2.75) is 39.3 Å². The van der Waals surface area contributed by atoms with Gasteiger partial charge in [0.15, 0.2) is 0 Å². The molecule has 1 saturated carbocycles. The summed E-state index contributed by atoms with van der Waals surface area (Å²) < 4.78 is 0. The molecule has 0 spiro atoms. The van der Waals surface area contributed by atoms with Gasteiger partial charge in [0.2, 0.25) is 0 Å². The van der Waals surface area contributed by atoms with Crippen LogP contribution in [0.25, 0.3) is 0 Å². The molecule has 0 unspecified atom stereocenters. The van der Waals surface area contributed by atoms with Crippen LogP contribution < -0.4 is 5.32 Å². The van der Waals surface area contributed by atoms with E-state index < -0.39 is 5.97 Å². The fraction of sp³-hybridized carbons (Fsp3) is 0.500. The minimum absolute atomic E-state index is 0.0854. The Balaban J connectivity index is 1.82. The zero-order chi connectivity index (χ0) is 15.6. The molecule has 114 valence electrons. The standard InChI is InChI=1S/C16H22N2O3/c1-16(2)8-13(9-16)18(3)15(21)17-10-11-4-6-12(7-5-11)14(19)20/h4-7,13H,8-10H2,1-3H3,(H,17,21)(H,19,20). The van der Waals surface area contributed by atoms with Crippen LogP contribution >= 0.6 is 0 Å². The Labute approximate surface area is 125 Å². The van der Waals surface area contributed by atoms with Gasteiger partial charge in [0.1, 0.15) is 0 Å². The van der Waals surface area contributed by atoms with E-state index in [1.54, 1.807) is 29.2 Å². The van der Waals surface area contributed by atoms with Crippen molar-refractivity contribution in [3.63, 3.8) is 0 Å². The molecule has 1 aliphatic carbocycles. The number of aromatic carboxylic acids is 1. The molecule has 2 N–H and O–H groups in total. The minimum Gasteiger partial charge on any atom is -0.478 e. The summed E-state index contributed by atoms with van der Waals surface area (Å²) in [5, 5.41) is 11.7. The molecule has 1 aromatic rings. The Morgan fingerprint density at radius 3 is 2.33 bits per heavy atom. The zero-order valence-corrected chi connectivity index (χ0v) is 12.7. The van der Waals surface area contributed by atoms with Crippen LogP contribution in [0.3, 0.4) is 0 Å². The molecule has 0 aromatic heterocycles. The second-order valence-corrected chi connectivity index (χ2v) is 6.50. The van der Waals surface area contributed by atoms with Crippen LogP contribution in [-0.2, 0) is 6.54 Å². The Morgan fingerprint density at radius 1 is 1.29 bits per heavy atom. The summed E-state index contributed by atoms with van der Waals surface area (Å²) in [7, 11) is 1.82.